The molecule has 2 fully saturated rings. The van der Waals surface area contributed by atoms with E-state index in [1.807, 2.05) is 0 Å². The van der Waals surface area contributed by atoms with Gasteiger partial charge in [-0.3, -0.25) is 9.59 Å². The van der Waals surface area contributed by atoms with E-state index in [-0.39, 0.29) is 17.7 Å². The monoisotopic (exact) mass is 221 g/mol. The summed E-state index contributed by atoms with van der Waals surface area (Å²) in [4.78, 5) is 24.7. The fraction of sp³-hybridized carbons (Fsp3) is 0.727. The predicted octanol–water partition coefficient (Wildman–Crippen LogP) is 0.0141. The van der Waals surface area contributed by atoms with E-state index in [4.69, 9.17) is 11.0 Å². The van der Waals surface area contributed by atoms with Crippen molar-refractivity contribution in [3.8, 4) is 6.07 Å². The van der Waals surface area contributed by atoms with Gasteiger partial charge in [-0.15, -0.1) is 0 Å². The summed E-state index contributed by atoms with van der Waals surface area (Å²) < 4.78 is 0. The first-order valence-corrected chi connectivity index (χ1v) is 5.59. The molecule has 1 unspecified atom stereocenters. The first kappa shape index (κ1) is 10.9. The second kappa shape index (κ2) is 3.78. The summed E-state index contributed by atoms with van der Waals surface area (Å²) in [5.74, 6) is -0.701. The fourth-order valence-corrected chi connectivity index (χ4v) is 2.19. The molecule has 1 atom stereocenters. The molecular weight excluding hydrogens is 206 g/mol. The van der Waals surface area contributed by atoms with Crippen LogP contribution in [0.3, 0.4) is 0 Å². The molecule has 1 heterocycles. The van der Waals surface area contributed by atoms with Gasteiger partial charge in [-0.25, -0.2) is 0 Å². The van der Waals surface area contributed by atoms with Crippen LogP contribution in [-0.2, 0) is 9.59 Å². The van der Waals surface area contributed by atoms with Crippen molar-refractivity contribution < 1.29 is 9.59 Å². The topological polar surface area (TPSA) is 87.2 Å². The molecule has 0 aromatic rings. The van der Waals surface area contributed by atoms with Crippen LogP contribution in [0, 0.1) is 22.7 Å². The van der Waals surface area contributed by atoms with Crippen molar-refractivity contribution in [2.75, 3.05) is 13.1 Å². The summed E-state index contributed by atoms with van der Waals surface area (Å²) >= 11 is 0. The van der Waals surface area contributed by atoms with Gasteiger partial charge >= 0.3 is 0 Å². The Labute approximate surface area is 94.2 Å². The standard InChI is InChI=1S/C11H15N3O2/c12-7-11(3-4-11)10(16)14-5-1-2-8(6-14)9(13)15/h8H,1-6H2,(H2,13,15). The molecule has 2 aliphatic rings. The van der Waals surface area contributed by atoms with E-state index in [9.17, 15) is 9.59 Å². The molecule has 1 saturated carbocycles. The Hall–Kier alpha value is -1.57. The van der Waals surface area contributed by atoms with Gasteiger partial charge in [0.25, 0.3) is 0 Å². The molecule has 86 valence electrons. The second-order valence-electron chi connectivity index (χ2n) is 4.69. The first-order valence-electron chi connectivity index (χ1n) is 5.59. The zero-order valence-electron chi connectivity index (χ0n) is 9.11. The number of nitrogens with two attached hydrogens (primary N) is 1. The van der Waals surface area contributed by atoms with E-state index < -0.39 is 5.41 Å². The van der Waals surface area contributed by atoms with E-state index >= 15 is 0 Å². The molecule has 2 amide bonds. The van der Waals surface area contributed by atoms with E-state index in [1.54, 1.807) is 4.90 Å². The largest absolute Gasteiger partial charge is 0.369 e. The van der Waals surface area contributed by atoms with Crippen LogP contribution in [0.5, 0.6) is 0 Å². The number of nitriles is 1. The van der Waals surface area contributed by atoms with Crippen LogP contribution in [0.1, 0.15) is 25.7 Å². The van der Waals surface area contributed by atoms with Gasteiger partial charge in [0.15, 0.2) is 0 Å². The van der Waals surface area contributed by atoms with Crippen molar-refractivity contribution >= 4 is 11.8 Å². The van der Waals surface area contributed by atoms with E-state index in [0.717, 1.165) is 12.8 Å². The van der Waals surface area contributed by atoms with Crippen molar-refractivity contribution in [1.29, 1.82) is 5.26 Å². The summed E-state index contributed by atoms with van der Waals surface area (Å²) in [6.07, 6.45) is 2.85. The van der Waals surface area contributed by atoms with Gasteiger partial charge in [0.2, 0.25) is 11.8 Å². The van der Waals surface area contributed by atoms with Crippen LogP contribution in [0.2, 0.25) is 0 Å². The lowest BCUT2D eigenvalue weighted by molar-refractivity contribution is -0.138. The van der Waals surface area contributed by atoms with Crippen molar-refractivity contribution in [3.63, 3.8) is 0 Å². The average Bonchev–Trinajstić information content (AvgIpc) is 3.09. The number of piperidine rings is 1. The van der Waals surface area contributed by atoms with Gasteiger partial charge in [-0.2, -0.15) is 5.26 Å². The normalized spacial score (nSPS) is 26.9. The zero-order chi connectivity index (χ0) is 11.8. The van der Waals surface area contributed by atoms with Crippen LogP contribution >= 0.6 is 0 Å². The van der Waals surface area contributed by atoms with Crippen molar-refractivity contribution in [2.45, 2.75) is 25.7 Å². The number of likely N-dealkylation sites (tertiary alicyclic amines) is 1. The molecule has 1 aliphatic heterocycles. The molecule has 5 heteroatoms. The summed E-state index contributed by atoms with van der Waals surface area (Å²) in [6.45, 7) is 1.03. The third-order valence-electron chi connectivity index (χ3n) is 3.48. The van der Waals surface area contributed by atoms with Crippen LogP contribution in [0.4, 0.5) is 0 Å². The zero-order valence-corrected chi connectivity index (χ0v) is 9.11. The predicted molar refractivity (Wildman–Crippen MR) is 55.8 cm³/mol. The maximum absolute atomic E-state index is 12.0. The molecule has 16 heavy (non-hydrogen) atoms. The molecule has 2 N–H and O–H groups in total. The number of hydrogen-bond acceptors (Lipinski definition) is 3. The number of carbonyl (C=O) groups excluding carboxylic acids is 2. The maximum Gasteiger partial charge on any atom is 0.243 e. The highest BCUT2D eigenvalue weighted by Crippen LogP contribution is 2.46. The smallest absolute Gasteiger partial charge is 0.243 e. The van der Waals surface area contributed by atoms with E-state index in [0.29, 0.717) is 25.9 Å². The fourth-order valence-electron chi connectivity index (χ4n) is 2.19. The first-order chi connectivity index (χ1) is 7.59. The van der Waals surface area contributed by atoms with Gasteiger partial charge in [-0.1, -0.05) is 0 Å². The van der Waals surface area contributed by atoms with Gasteiger partial charge in [0.05, 0.1) is 12.0 Å². The van der Waals surface area contributed by atoms with Gasteiger partial charge in [0, 0.05) is 13.1 Å². The molecule has 0 bridgehead atoms. The van der Waals surface area contributed by atoms with Crippen molar-refractivity contribution in [3.05, 3.63) is 0 Å². The molecule has 1 aliphatic carbocycles. The molecule has 1 saturated heterocycles. The number of hydrogen-bond donors (Lipinski definition) is 1. The lowest BCUT2D eigenvalue weighted by atomic mass is 9.95. The third-order valence-corrected chi connectivity index (χ3v) is 3.48. The lowest BCUT2D eigenvalue weighted by Crippen LogP contribution is -2.46. The van der Waals surface area contributed by atoms with Crippen molar-refractivity contribution in [2.24, 2.45) is 17.1 Å². The van der Waals surface area contributed by atoms with Crippen molar-refractivity contribution in [1.82, 2.24) is 4.90 Å². The second-order valence-corrected chi connectivity index (χ2v) is 4.69. The summed E-state index contributed by atoms with van der Waals surface area (Å²) in [5.41, 5.74) is 4.47. The Morgan fingerprint density at radius 2 is 2.12 bits per heavy atom. The van der Waals surface area contributed by atoms with Gasteiger partial charge < -0.3 is 10.6 Å². The Balaban J connectivity index is 2.03. The highest BCUT2D eigenvalue weighted by atomic mass is 16.2. The Morgan fingerprint density at radius 3 is 2.62 bits per heavy atom. The quantitative estimate of drug-likeness (QED) is 0.712. The molecule has 0 radical (unpaired) electrons. The number of rotatable bonds is 2. The van der Waals surface area contributed by atoms with Gasteiger partial charge in [-0.05, 0) is 25.7 Å². The van der Waals surface area contributed by atoms with Crippen LogP contribution in [0.25, 0.3) is 0 Å². The molecule has 0 spiro atoms. The third kappa shape index (κ3) is 1.75. The molecule has 2 rings (SSSR count). The maximum atomic E-state index is 12.0. The van der Waals surface area contributed by atoms with E-state index in [1.165, 1.54) is 0 Å². The van der Waals surface area contributed by atoms with Crippen LogP contribution in [-0.4, -0.2) is 29.8 Å². The molecule has 0 aromatic carbocycles. The number of amides is 2. The molecular formula is C11H15N3O2. The Morgan fingerprint density at radius 1 is 1.44 bits per heavy atom. The Bertz CT molecular complexity index is 368. The average molecular weight is 221 g/mol. The molecule has 0 aromatic heterocycles. The minimum Gasteiger partial charge on any atom is -0.369 e. The van der Waals surface area contributed by atoms with Crippen LogP contribution in [0.15, 0.2) is 0 Å². The Kier molecular flexibility index (Phi) is 2.58. The number of nitrogens with zero attached hydrogens (tertiary/aromatic N) is 2. The minimum absolute atomic E-state index is 0.110. The summed E-state index contributed by atoms with van der Waals surface area (Å²) in [6, 6.07) is 2.09. The summed E-state index contributed by atoms with van der Waals surface area (Å²) in [5, 5.41) is 8.94. The van der Waals surface area contributed by atoms with E-state index in [2.05, 4.69) is 6.07 Å². The molecule has 5 nitrogen and oxygen atoms in total. The summed E-state index contributed by atoms with van der Waals surface area (Å²) in [7, 11) is 0. The highest BCUT2D eigenvalue weighted by molar-refractivity contribution is 5.89. The lowest BCUT2D eigenvalue weighted by Gasteiger charge is -2.32. The van der Waals surface area contributed by atoms with Gasteiger partial charge in [0.1, 0.15) is 5.41 Å². The number of carbonyl (C=O) groups is 2. The van der Waals surface area contributed by atoms with Crippen LogP contribution < -0.4 is 5.73 Å². The SMILES string of the molecule is N#CC1(C(=O)N2CCCC(C(N)=O)C2)CC1. The number of primary amides is 1. The minimum atomic E-state index is -0.778. The highest BCUT2D eigenvalue weighted by Gasteiger charge is 2.53.